The number of hydrogen-bond acceptors (Lipinski definition) is 13. The summed E-state index contributed by atoms with van der Waals surface area (Å²) in [5, 5.41) is 14.7. The molecule has 0 fully saturated rings. The summed E-state index contributed by atoms with van der Waals surface area (Å²) in [6.07, 6.45) is 3.10. The number of benzene rings is 1. The van der Waals surface area contributed by atoms with Crippen molar-refractivity contribution in [2.75, 3.05) is 63.5 Å². The Bertz CT molecular complexity index is 1320. The van der Waals surface area contributed by atoms with E-state index >= 15 is 0 Å². The summed E-state index contributed by atoms with van der Waals surface area (Å²) < 4.78 is 32.6. The number of esters is 4. The topological polar surface area (TPSA) is 202 Å². The van der Waals surface area contributed by atoms with Gasteiger partial charge in [0.15, 0.2) is 0 Å². The maximum absolute atomic E-state index is 12.9. The summed E-state index contributed by atoms with van der Waals surface area (Å²) >= 11 is 0. The average molecular weight is 689 g/mol. The molecule has 0 aromatic heterocycles. The quantitative estimate of drug-likeness (QED) is 0.0860. The van der Waals surface area contributed by atoms with Crippen LogP contribution >= 0.6 is 0 Å². The Morgan fingerprint density at radius 1 is 0.694 bits per heavy atom. The summed E-state index contributed by atoms with van der Waals surface area (Å²) in [5.41, 5.74) is -1.23. The highest BCUT2D eigenvalue weighted by Crippen LogP contribution is 2.29. The zero-order chi connectivity index (χ0) is 36.9. The number of hydrogen-bond donors (Lipinski definition) is 3. The number of rotatable bonds is 23. The van der Waals surface area contributed by atoms with E-state index < -0.39 is 67.2 Å². The molecule has 1 aromatic carbocycles. The van der Waals surface area contributed by atoms with E-state index in [-0.39, 0.29) is 50.9 Å². The van der Waals surface area contributed by atoms with Crippen LogP contribution in [0.3, 0.4) is 0 Å². The fourth-order valence-corrected chi connectivity index (χ4v) is 4.06. The molecule has 0 saturated carbocycles. The lowest BCUT2D eigenvalue weighted by Gasteiger charge is -2.35. The number of aliphatic hydroxyl groups is 1. The first-order valence-electron chi connectivity index (χ1n) is 14.9. The van der Waals surface area contributed by atoms with Gasteiger partial charge in [-0.2, -0.15) is 0 Å². The number of amides is 2. The molecule has 49 heavy (non-hydrogen) atoms. The van der Waals surface area contributed by atoms with Crippen molar-refractivity contribution >= 4 is 47.3 Å². The molecule has 0 unspecified atom stereocenters. The van der Waals surface area contributed by atoms with Crippen LogP contribution in [0.25, 0.3) is 0 Å². The van der Waals surface area contributed by atoms with Crippen LogP contribution in [-0.4, -0.2) is 93.8 Å². The highest BCUT2D eigenvalue weighted by Gasteiger charge is 2.39. The maximum atomic E-state index is 12.9. The van der Waals surface area contributed by atoms with Crippen molar-refractivity contribution < 1.29 is 62.3 Å². The van der Waals surface area contributed by atoms with Gasteiger partial charge in [0.05, 0.1) is 24.0 Å². The fraction of sp³-hybridized carbons (Fsp3) is 0.412. The van der Waals surface area contributed by atoms with Crippen LogP contribution in [0.1, 0.15) is 25.3 Å². The minimum absolute atomic E-state index is 0.151. The Balaban J connectivity index is 3.38. The van der Waals surface area contributed by atoms with Crippen molar-refractivity contribution in [3.8, 4) is 0 Å². The van der Waals surface area contributed by atoms with Gasteiger partial charge in [-0.1, -0.05) is 32.4 Å². The molecular formula is C34H44N2O13. The van der Waals surface area contributed by atoms with Gasteiger partial charge in [0.25, 0.3) is 0 Å². The van der Waals surface area contributed by atoms with Crippen molar-refractivity contribution in [1.29, 1.82) is 0 Å². The van der Waals surface area contributed by atoms with Gasteiger partial charge < -0.3 is 38.8 Å². The number of anilines is 2. The lowest BCUT2D eigenvalue weighted by atomic mass is 9.85. The van der Waals surface area contributed by atoms with E-state index in [1.165, 1.54) is 13.0 Å². The maximum Gasteiger partial charge on any atom is 0.411 e. The minimum atomic E-state index is -1.53. The Hall–Kier alpha value is -5.28. The van der Waals surface area contributed by atoms with Gasteiger partial charge in [0.2, 0.25) is 5.91 Å². The SMILES string of the molecule is C=CC(=O)OCC(CCCO)(COCC(COC(=O)C=C)(COC(=O)C=C)COC(=O)Nc1ccc(C)c(NC(C)=O)c1)COC(=O)C=C. The molecule has 0 aliphatic carbocycles. The second-order valence-corrected chi connectivity index (χ2v) is 11.0. The smallest absolute Gasteiger partial charge is 0.411 e. The molecule has 0 aliphatic heterocycles. The first-order chi connectivity index (χ1) is 23.3. The third-order valence-corrected chi connectivity index (χ3v) is 6.73. The molecule has 0 atom stereocenters. The Labute approximate surface area is 284 Å². The van der Waals surface area contributed by atoms with Crippen LogP contribution in [0.15, 0.2) is 68.8 Å². The molecule has 1 rings (SSSR count). The van der Waals surface area contributed by atoms with Gasteiger partial charge in [-0.3, -0.25) is 10.1 Å². The van der Waals surface area contributed by atoms with Gasteiger partial charge in [-0.05, 0) is 37.5 Å². The zero-order valence-corrected chi connectivity index (χ0v) is 27.8. The predicted octanol–water partition coefficient (Wildman–Crippen LogP) is 3.18. The summed E-state index contributed by atoms with van der Waals surface area (Å²) in [6, 6.07) is 4.78. The molecule has 0 bridgehead atoms. The minimum Gasteiger partial charge on any atom is -0.462 e. The fourth-order valence-electron chi connectivity index (χ4n) is 4.06. The summed E-state index contributed by atoms with van der Waals surface area (Å²) in [7, 11) is 0. The van der Waals surface area contributed by atoms with E-state index in [4.69, 9.17) is 28.4 Å². The molecule has 3 N–H and O–H groups in total. The number of nitrogens with one attached hydrogen (secondary N) is 2. The van der Waals surface area contributed by atoms with Gasteiger partial charge in [0, 0.05) is 49.2 Å². The van der Waals surface area contributed by atoms with E-state index in [1.807, 2.05) is 0 Å². The molecule has 0 spiro atoms. The number of carbonyl (C=O) groups excluding carboxylic acids is 6. The van der Waals surface area contributed by atoms with E-state index in [2.05, 4.69) is 36.9 Å². The second-order valence-electron chi connectivity index (χ2n) is 11.0. The summed E-state index contributed by atoms with van der Waals surface area (Å²) in [4.78, 5) is 72.5. The zero-order valence-electron chi connectivity index (χ0n) is 27.8. The van der Waals surface area contributed by atoms with Crippen LogP contribution in [0, 0.1) is 17.8 Å². The van der Waals surface area contributed by atoms with Crippen LogP contribution in [0.4, 0.5) is 16.2 Å². The molecule has 2 amide bonds. The molecule has 15 nitrogen and oxygen atoms in total. The van der Waals surface area contributed by atoms with Crippen molar-refractivity contribution in [1.82, 2.24) is 0 Å². The van der Waals surface area contributed by atoms with Gasteiger partial charge in [-0.15, -0.1) is 0 Å². The van der Waals surface area contributed by atoms with Gasteiger partial charge in [-0.25, -0.2) is 24.0 Å². The Morgan fingerprint density at radius 3 is 1.59 bits per heavy atom. The lowest BCUT2D eigenvalue weighted by molar-refractivity contribution is -0.160. The number of aliphatic hydroxyl groups excluding tert-OH is 1. The lowest BCUT2D eigenvalue weighted by Crippen LogP contribution is -2.45. The van der Waals surface area contributed by atoms with Crippen LogP contribution in [0.2, 0.25) is 0 Å². The number of ether oxygens (including phenoxy) is 6. The van der Waals surface area contributed by atoms with Crippen molar-refractivity contribution in [3.05, 3.63) is 74.4 Å². The highest BCUT2D eigenvalue weighted by molar-refractivity contribution is 5.92. The third kappa shape index (κ3) is 15.9. The molecule has 0 saturated heterocycles. The van der Waals surface area contributed by atoms with Gasteiger partial charge >= 0.3 is 30.0 Å². The Morgan fingerprint density at radius 2 is 1.14 bits per heavy atom. The average Bonchev–Trinajstić information content (AvgIpc) is 3.09. The summed E-state index contributed by atoms with van der Waals surface area (Å²) in [6.45, 7) is 13.5. The van der Waals surface area contributed by atoms with Crippen LogP contribution in [0.5, 0.6) is 0 Å². The standard InChI is InChI=1S/C34H44N2O13/c1-7-28(39)45-19-33(14-11-15-37,20-46-29(40)8-2)17-44-18-34(21-47-30(41)9-3,22-48-31(42)10-4)23-49-32(43)36-26-13-12-24(5)27(16-26)35-25(6)38/h7-10,12-13,16,37H,1-4,11,14-15,17-23H2,5-6H3,(H,35,38)(H,36,43). The monoisotopic (exact) mass is 688 g/mol. The molecule has 0 radical (unpaired) electrons. The predicted molar refractivity (Wildman–Crippen MR) is 177 cm³/mol. The normalized spacial score (nSPS) is 10.8. The number of carbonyl (C=O) groups is 6. The van der Waals surface area contributed by atoms with Crippen LogP contribution < -0.4 is 10.6 Å². The first-order valence-corrected chi connectivity index (χ1v) is 14.9. The molecule has 0 heterocycles. The second kappa shape index (κ2) is 21.6. The van der Waals surface area contributed by atoms with Gasteiger partial charge in [0.1, 0.15) is 33.0 Å². The molecule has 268 valence electrons. The van der Waals surface area contributed by atoms with Crippen molar-refractivity contribution in [2.24, 2.45) is 10.8 Å². The number of aryl methyl sites for hydroxylation is 1. The molecule has 0 aliphatic rings. The molecule has 15 heteroatoms. The van der Waals surface area contributed by atoms with Crippen molar-refractivity contribution in [3.63, 3.8) is 0 Å². The first kappa shape index (κ1) is 41.7. The van der Waals surface area contributed by atoms with Crippen molar-refractivity contribution in [2.45, 2.75) is 26.7 Å². The van der Waals surface area contributed by atoms with E-state index in [1.54, 1.807) is 19.1 Å². The highest BCUT2D eigenvalue weighted by atomic mass is 16.6. The van der Waals surface area contributed by atoms with Crippen LogP contribution in [-0.2, 0) is 52.4 Å². The van der Waals surface area contributed by atoms with E-state index in [0.29, 0.717) is 5.69 Å². The largest absolute Gasteiger partial charge is 0.462 e. The molecule has 1 aromatic rings. The third-order valence-electron chi connectivity index (χ3n) is 6.73. The van der Waals surface area contributed by atoms with E-state index in [0.717, 1.165) is 29.9 Å². The summed E-state index contributed by atoms with van der Waals surface area (Å²) in [5.74, 6) is -3.50. The Kier molecular flexibility index (Phi) is 18.4. The molecular weight excluding hydrogens is 644 g/mol. The van der Waals surface area contributed by atoms with E-state index in [9.17, 15) is 33.9 Å².